The Morgan fingerprint density at radius 2 is 1.76 bits per heavy atom. The molecule has 10 heteroatoms. The minimum absolute atomic E-state index is 0.142. The fourth-order valence-electron chi connectivity index (χ4n) is 4.40. The lowest BCUT2D eigenvalue weighted by atomic mass is 9.94. The third kappa shape index (κ3) is 4.32. The summed E-state index contributed by atoms with van der Waals surface area (Å²) in [6.07, 6.45) is 0. The van der Waals surface area contributed by atoms with Crippen molar-refractivity contribution in [3.8, 4) is 17.2 Å². The summed E-state index contributed by atoms with van der Waals surface area (Å²) in [5, 5.41) is 11.6. The normalized spacial score (nSPS) is 16.7. The van der Waals surface area contributed by atoms with Crippen LogP contribution in [-0.4, -0.2) is 42.6 Å². The van der Waals surface area contributed by atoms with Crippen LogP contribution in [0.25, 0.3) is 16.0 Å². The molecule has 1 aliphatic rings. The van der Waals surface area contributed by atoms with Gasteiger partial charge in [-0.2, -0.15) is 0 Å². The van der Waals surface area contributed by atoms with E-state index in [9.17, 15) is 19.1 Å². The number of nitrogens with zero attached hydrogens (tertiary/aromatic N) is 2. The molecule has 1 aromatic heterocycles. The monoisotopic (exact) mass is 534 g/mol. The predicted molar refractivity (Wildman–Crippen MR) is 142 cm³/mol. The Hall–Kier alpha value is -4.44. The smallest absolute Gasteiger partial charge is 0.301 e. The number of ether oxygens (including phenoxy) is 3. The molecule has 1 aliphatic heterocycles. The van der Waals surface area contributed by atoms with Crippen molar-refractivity contribution in [2.45, 2.75) is 13.0 Å². The first-order valence-corrected chi connectivity index (χ1v) is 12.5. The van der Waals surface area contributed by atoms with Gasteiger partial charge in [-0.15, -0.1) is 0 Å². The van der Waals surface area contributed by atoms with Gasteiger partial charge in [-0.25, -0.2) is 9.37 Å². The van der Waals surface area contributed by atoms with Crippen molar-refractivity contribution in [1.82, 2.24) is 4.98 Å². The largest absolute Gasteiger partial charge is 0.507 e. The van der Waals surface area contributed by atoms with E-state index in [0.29, 0.717) is 45.2 Å². The van der Waals surface area contributed by atoms with Crippen molar-refractivity contribution < 1.29 is 33.3 Å². The third-order valence-electron chi connectivity index (χ3n) is 6.16. The molecule has 3 aromatic carbocycles. The average Bonchev–Trinajstić information content (AvgIpc) is 3.45. The molecule has 1 amide bonds. The summed E-state index contributed by atoms with van der Waals surface area (Å²) >= 11 is 1.06. The van der Waals surface area contributed by atoms with Crippen molar-refractivity contribution in [2.24, 2.45) is 0 Å². The first-order chi connectivity index (χ1) is 18.4. The highest BCUT2D eigenvalue weighted by Crippen LogP contribution is 2.47. The first-order valence-electron chi connectivity index (χ1n) is 11.7. The van der Waals surface area contributed by atoms with Gasteiger partial charge >= 0.3 is 5.91 Å². The molecule has 0 bridgehead atoms. The van der Waals surface area contributed by atoms with Gasteiger partial charge in [-0.3, -0.25) is 14.5 Å². The SMILES string of the molecule is CCOc1ccc(C(O)=C2C(=O)C(=O)N(c3nc4ccc(F)cc4s3)[C@@H]2c2cc(OC)ccc2OC)cc1. The number of hydrogen-bond acceptors (Lipinski definition) is 8. The molecule has 0 spiro atoms. The van der Waals surface area contributed by atoms with Crippen LogP contribution in [0, 0.1) is 5.82 Å². The van der Waals surface area contributed by atoms with Gasteiger partial charge in [0.2, 0.25) is 0 Å². The molecule has 1 atom stereocenters. The predicted octanol–water partition coefficient (Wildman–Crippen LogP) is 5.48. The second-order valence-electron chi connectivity index (χ2n) is 8.34. The molecule has 1 N–H and O–H groups in total. The molecular weight excluding hydrogens is 511 g/mol. The maximum atomic E-state index is 13.9. The lowest BCUT2D eigenvalue weighted by Crippen LogP contribution is -2.29. The molecular formula is C28H23FN2O6S. The van der Waals surface area contributed by atoms with E-state index in [0.717, 1.165) is 11.3 Å². The van der Waals surface area contributed by atoms with E-state index in [1.54, 1.807) is 42.5 Å². The first kappa shape index (κ1) is 25.2. The van der Waals surface area contributed by atoms with Crippen LogP contribution in [-0.2, 0) is 9.59 Å². The second-order valence-corrected chi connectivity index (χ2v) is 9.35. The Bertz CT molecular complexity index is 1580. The van der Waals surface area contributed by atoms with Gasteiger partial charge in [0.15, 0.2) is 5.13 Å². The van der Waals surface area contributed by atoms with Crippen LogP contribution in [0.1, 0.15) is 24.1 Å². The number of rotatable bonds is 7. The number of benzene rings is 3. The number of anilines is 1. The molecule has 1 saturated heterocycles. The Labute approximate surface area is 221 Å². The van der Waals surface area contributed by atoms with Gasteiger partial charge in [0, 0.05) is 11.1 Å². The number of fused-ring (bicyclic) bond motifs is 1. The number of thiazole rings is 1. The number of carbonyl (C=O) groups is 2. The van der Waals surface area contributed by atoms with Crippen LogP contribution in [0.5, 0.6) is 17.2 Å². The summed E-state index contributed by atoms with van der Waals surface area (Å²) in [5.74, 6) is -1.17. The standard InChI is InChI=1S/C28H23FN2O6S/c1-4-37-17-8-5-15(6-9-17)25(32)23-24(19-14-18(35-2)10-12-21(19)36-3)31(27(34)26(23)33)28-30-20-11-7-16(29)13-22(20)38-28/h5-14,24,32H,4H2,1-3H3/t24-/m1/s1. The maximum absolute atomic E-state index is 13.9. The van der Waals surface area contributed by atoms with Crippen LogP contribution >= 0.6 is 11.3 Å². The zero-order valence-electron chi connectivity index (χ0n) is 20.7. The number of halogens is 1. The number of aliphatic hydroxyl groups is 1. The highest BCUT2D eigenvalue weighted by Gasteiger charge is 2.49. The number of ketones is 1. The minimum atomic E-state index is -1.10. The summed E-state index contributed by atoms with van der Waals surface area (Å²) < 4.78 is 30.8. The zero-order valence-corrected chi connectivity index (χ0v) is 21.5. The van der Waals surface area contributed by atoms with Crippen LogP contribution in [0.3, 0.4) is 0 Å². The highest BCUT2D eigenvalue weighted by molar-refractivity contribution is 7.22. The van der Waals surface area contributed by atoms with Crippen LogP contribution in [0.4, 0.5) is 9.52 Å². The molecule has 2 heterocycles. The lowest BCUT2D eigenvalue weighted by molar-refractivity contribution is -0.132. The molecule has 194 valence electrons. The second kappa shape index (κ2) is 10.1. The fourth-order valence-corrected chi connectivity index (χ4v) is 5.41. The molecule has 1 fully saturated rings. The van der Waals surface area contributed by atoms with E-state index in [4.69, 9.17) is 14.2 Å². The van der Waals surface area contributed by atoms with E-state index in [2.05, 4.69) is 4.98 Å². The van der Waals surface area contributed by atoms with Gasteiger partial charge in [-0.1, -0.05) is 11.3 Å². The summed E-state index contributed by atoms with van der Waals surface area (Å²) in [4.78, 5) is 32.7. The molecule has 0 radical (unpaired) electrons. The molecule has 0 aliphatic carbocycles. The van der Waals surface area contributed by atoms with E-state index in [-0.39, 0.29) is 16.5 Å². The fraction of sp³-hybridized carbons (Fsp3) is 0.179. The van der Waals surface area contributed by atoms with Gasteiger partial charge in [0.1, 0.15) is 34.9 Å². The number of amides is 1. The molecule has 5 rings (SSSR count). The maximum Gasteiger partial charge on any atom is 0.301 e. The Balaban J connectivity index is 1.74. The number of aliphatic hydroxyl groups excluding tert-OH is 1. The Morgan fingerprint density at radius 1 is 1.03 bits per heavy atom. The zero-order chi connectivity index (χ0) is 27.0. The number of Topliss-reactive ketones (excluding diaryl/α,β-unsaturated/α-hetero) is 1. The molecule has 4 aromatic rings. The number of carbonyl (C=O) groups excluding carboxylic acids is 2. The average molecular weight is 535 g/mol. The Morgan fingerprint density at radius 3 is 2.45 bits per heavy atom. The van der Waals surface area contributed by atoms with Gasteiger partial charge in [0.05, 0.1) is 36.6 Å². The van der Waals surface area contributed by atoms with Crippen LogP contribution < -0.4 is 19.1 Å². The summed E-state index contributed by atoms with van der Waals surface area (Å²) in [7, 11) is 2.95. The highest BCUT2D eigenvalue weighted by atomic mass is 32.1. The van der Waals surface area contributed by atoms with E-state index < -0.39 is 23.5 Å². The number of aromatic nitrogens is 1. The number of methoxy groups -OCH3 is 2. The van der Waals surface area contributed by atoms with Crippen molar-refractivity contribution >= 4 is 44.1 Å². The van der Waals surface area contributed by atoms with Crippen molar-refractivity contribution in [1.29, 1.82) is 0 Å². The van der Waals surface area contributed by atoms with Crippen molar-refractivity contribution in [2.75, 3.05) is 25.7 Å². The van der Waals surface area contributed by atoms with E-state index in [1.165, 1.54) is 37.3 Å². The van der Waals surface area contributed by atoms with Gasteiger partial charge in [-0.05, 0) is 67.6 Å². The molecule has 0 unspecified atom stereocenters. The van der Waals surface area contributed by atoms with Crippen LogP contribution in [0.15, 0.2) is 66.2 Å². The van der Waals surface area contributed by atoms with Gasteiger partial charge in [0.25, 0.3) is 5.78 Å². The topological polar surface area (TPSA) is 98.2 Å². The van der Waals surface area contributed by atoms with Gasteiger partial charge < -0.3 is 19.3 Å². The quantitative estimate of drug-likeness (QED) is 0.191. The van der Waals surface area contributed by atoms with Crippen LogP contribution in [0.2, 0.25) is 0 Å². The number of hydrogen-bond donors (Lipinski definition) is 1. The van der Waals surface area contributed by atoms with E-state index >= 15 is 0 Å². The third-order valence-corrected chi connectivity index (χ3v) is 7.18. The summed E-state index contributed by atoms with van der Waals surface area (Å²) in [6, 6.07) is 14.5. The molecule has 38 heavy (non-hydrogen) atoms. The summed E-state index contributed by atoms with van der Waals surface area (Å²) in [5.41, 5.74) is 1.06. The van der Waals surface area contributed by atoms with E-state index in [1.807, 2.05) is 6.92 Å². The van der Waals surface area contributed by atoms with Crippen molar-refractivity contribution in [3.05, 3.63) is 83.2 Å². The summed E-state index contributed by atoms with van der Waals surface area (Å²) in [6.45, 7) is 2.32. The molecule has 8 nitrogen and oxygen atoms in total. The Kier molecular flexibility index (Phi) is 6.73. The molecule has 0 saturated carbocycles. The lowest BCUT2D eigenvalue weighted by Gasteiger charge is -2.25. The van der Waals surface area contributed by atoms with Crippen molar-refractivity contribution in [3.63, 3.8) is 0 Å². The minimum Gasteiger partial charge on any atom is -0.507 e.